The zero-order chi connectivity index (χ0) is 21.3. The van der Waals surface area contributed by atoms with Crippen LogP contribution in [0.25, 0.3) is 0 Å². The molecule has 152 valence electrons. The summed E-state index contributed by atoms with van der Waals surface area (Å²) in [5.74, 6) is 0.0875. The Morgan fingerprint density at radius 3 is 2.30 bits per heavy atom. The SMILES string of the molecule is CN(C1=NS(=O)(=O)c2ccccc21)c1ccc(OC(=O)[C@@H](Cl)c2ccccc2)cc1. The third-order valence-electron chi connectivity index (χ3n) is 4.67. The van der Waals surface area contributed by atoms with Crippen LogP contribution in [0, 0.1) is 0 Å². The fraction of sp³-hybridized carbons (Fsp3) is 0.0909. The van der Waals surface area contributed by atoms with Crippen LogP contribution in [0.2, 0.25) is 0 Å². The second kappa shape index (κ2) is 7.93. The molecule has 0 bridgehead atoms. The maximum absolute atomic E-state index is 12.3. The molecule has 1 atom stereocenters. The largest absolute Gasteiger partial charge is 0.425 e. The fourth-order valence-corrected chi connectivity index (χ4v) is 4.54. The third kappa shape index (κ3) is 3.81. The summed E-state index contributed by atoms with van der Waals surface area (Å²) in [5, 5.41) is -0.914. The Balaban J connectivity index is 1.51. The molecular formula is C22H17ClN2O4S. The van der Waals surface area contributed by atoms with Crippen molar-refractivity contribution in [2.45, 2.75) is 10.3 Å². The van der Waals surface area contributed by atoms with Crippen LogP contribution in [0.3, 0.4) is 0 Å². The van der Waals surface area contributed by atoms with E-state index in [4.69, 9.17) is 16.3 Å². The van der Waals surface area contributed by atoms with Crippen LogP contribution in [-0.2, 0) is 14.8 Å². The number of carbonyl (C=O) groups is 1. The molecule has 4 rings (SSSR count). The first-order chi connectivity index (χ1) is 14.4. The third-order valence-corrected chi connectivity index (χ3v) is 6.43. The molecule has 0 aromatic heterocycles. The summed E-state index contributed by atoms with van der Waals surface area (Å²) in [5.41, 5.74) is 1.88. The molecule has 0 N–H and O–H groups in total. The van der Waals surface area contributed by atoms with Crippen LogP contribution >= 0.6 is 11.6 Å². The first-order valence-electron chi connectivity index (χ1n) is 9.06. The highest BCUT2D eigenvalue weighted by atomic mass is 35.5. The maximum Gasteiger partial charge on any atom is 0.334 e. The molecule has 3 aromatic carbocycles. The Morgan fingerprint density at radius 1 is 0.967 bits per heavy atom. The standard InChI is InChI=1S/C22H17ClN2O4S/c1-25(21-18-9-5-6-10-19(18)30(27,28)24-21)16-11-13-17(14-12-16)29-22(26)20(23)15-7-3-2-4-8-15/h2-14,20H,1H3/t20-/m0/s1. The number of hydrogen-bond donors (Lipinski definition) is 0. The van der Waals surface area contributed by atoms with Crippen LogP contribution in [0.1, 0.15) is 16.5 Å². The average molecular weight is 441 g/mol. The Hall–Kier alpha value is -3.16. The fourth-order valence-electron chi connectivity index (χ4n) is 3.12. The van der Waals surface area contributed by atoms with E-state index in [0.717, 1.165) is 0 Å². The molecule has 6 nitrogen and oxygen atoms in total. The summed E-state index contributed by atoms with van der Waals surface area (Å²) in [6, 6.07) is 22.3. The second-order valence-corrected chi connectivity index (χ2v) is 8.64. The quantitative estimate of drug-likeness (QED) is 0.346. The zero-order valence-corrected chi connectivity index (χ0v) is 17.5. The van der Waals surface area contributed by atoms with Crippen molar-refractivity contribution >= 4 is 39.1 Å². The molecule has 1 heterocycles. The van der Waals surface area contributed by atoms with Gasteiger partial charge in [0, 0.05) is 18.3 Å². The lowest BCUT2D eigenvalue weighted by atomic mass is 10.1. The molecule has 0 unspecified atom stereocenters. The highest BCUT2D eigenvalue weighted by Crippen LogP contribution is 2.30. The van der Waals surface area contributed by atoms with Crippen LogP contribution < -0.4 is 9.64 Å². The van der Waals surface area contributed by atoms with E-state index in [2.05, 4.69) is 4.40 Å². The number of ether oxygens (including phenoxy) is 1. The van der Waals surface area contributed by atoms with E-state index < -0.39 is 21.4 Å². The van der Waals surface area contributed by atoms with Crippen molar-refractivity contribution in [3.8, 4) is 5.75 Å². The molecule has 1 aliphatic rings. The number of esters is 1. The summed E-state index contributed by atoms with van der Waals surface area (Å²) in [7, 11) is -1.98. The number of hydrogen-bond acceptors (Lipinski definition) is 5. The van der Waals surface area contributed by atoms with E-state index in [1.165, 1.54) is 6.07 Å². The van der Waals surface area contributed by atoms with E-state index in [-0.39, 0.29) is 4.90 Å². The zero-order valence-electron chi connectivity index (χ0n) is 15.9. The molecule has 30 heavy (non-hydrogen) atoms. The van der Waals surface area contributed by atoms with Gasteiger partial charge in [0.25, 0.3) is 10.0 Å². The van der Waals surface area contributed by atoms with Gasteiger partial charge in [-0.05, 0) is 42.0 Å². The maximum atomic E-state index is 12.3. The van der Waals surface area contributed by atoms with Gasteiger partial charge in [-0.2, -0.15) is 8.42 Å². The molecule has 0 fully saturated rings. The molecule has 1 aliphatic heterocycles. The van der Waals surface area contributed by atoms with Gasteiger partial charge in [-0.15, -0.1) is 16.0 Å². The number of fused-ring (bicyclic) bond motifs is 1. The van der Waals surface area contributed by atoms with E-state index >= 15 is 0 Å². The predicted octanol–water partition coefficient (Wildman–Crippen LogP) is 4.16. The minimum absolute atomic E-state index is 0.187. The van der Waals surface area contributed by atoms with Gasteiger partial charge >= 0.3 is 5.97 Å². The van der Waals surface area contributed by atoms with Gasteiger partial charge in [-0.3, -0.25) is 0 Å². The highest BCUT2D eigenvalue weighted by molar-refractivity contribution is 7.90. The molecule has 0 radical (unpaired) electrons. The van der Waals surface area contributed by atoms with E-state index in [0.29, 0.717) is 28.4 Å². The molecular weight excluding hydrogens is 424 g/mol. The number of sulfonamides is 1. The highest BCUT2D eigenvalue weighted by Gasteiger charge is 2.30. The lowest BCUT2D eigenvalue weighted by Gasteiger charge is -2.19. The number of amidine groups is 1. The minimum Gasteiger partial charge on any atom is -0.425 e. The van der Waals surface area contributed by atoms with Crippen LogP contribution in [0.5, 0.6) is 5.75 Å². The Bertz CT molecular complexity index is 1230. The number of carbonyl (C=O) groups excluding carboxylic acids is 1. The predicted molar refractivity (Wildman–Crippen MR) is 116 cm³/mol. The number of halogens is 1. The van der Waals surface area contributed by atoms with Crippen LogP contribution in [-0.4, -0.2) is 27.3 Å². The summed E-state index contributed by atoms with van der Waals surface area (Å²) < 4.78 is 33.8. The van der Waals surface area contributed by atoms with Gasteiger partial charge in [0.2, 0.25) is 0 Å². The number of rotatable bonds is 4. The van der Waals surface area contributed by atoms with E-state index in [9.17, 15) is 13.2 Å². The number of benzene rings is 3. The van der Waals surface area contributed by atoms with Crippen molar-refractivity contribution < 1.29 is 17.9 Å². The first kappa shape index (κ1) is 20.1. The lowest BCUT2D eigenvalue weighted by Crippen LogP contribution is -2.26. The molecule has 0 aliphatic carbocycles. The Kier molecular flexibility index (Phi) is 5.32. The van der Waals surface area contributed by atoms with Crippen molar-refractivity contribution in [1.82, 2.24) is 0 Å². The normalized spacial score (nSPS) is 15.1. The van der Waals surface area contributed by atoms with Gasteiger partial charge in [-0.1, -0.05) is 42.5 Å². The van der Waals surface area contributed by atoms with Gasteiger partial charge in [0.15, 0.2) is 11.2 Å². The number of nitrogens with zero attached hydrogens (tertiary/aromatic N) is 2. The lowest BCUT2D eigenvalue weighted by molar-refractivity contribution is -0.134. The summed E-state index contributed by atoms with van der Waals surface area (Å²) in [6.07, 6.45) is 0. The summed E-state index contributed by atoms with van der Waals surface area (Å²) in [4.78, 5) is 14.2. The van der Waals surface area contributed by atoms with Crippen molar-refractivity contribution in [2.75, 3.05) is 11.9 Å². The first-order valence-corrected chi connectivity index (χ1v) is 10.9. The second-order valence-electron chi connectivity index (χ2n) is 6.63. The van der Waals surface area contributed by atoms with Crippen LogP contribution in [0.15, 0.2) is 88.2 Å². The van der Waals surface area contributed by atoms with Crippen molar-refractivity contribution in [3.05, 3.63) is 90.0 Å². The molecule has 3 aromatic rings. The summed E-state index contributed by atoms with van der Waals surface area (Å²) in [6.45, 7) is 0. The molecule has 0 saturated carbocycles. The van der Waals surface area contributed by atoms with Gasteiger partial charge in [0.1, 0.15) is 10.6 Å². The minimum atomic E-state index is -3.71. The van der Waals surface area contributed by atoms with Gasteiger partial charge in [-0.25, -0.2) is 4.79 Å². The number of alkyl halides is 1. The molecule has 0 amide bonds. The van der Waals surface area contributed by atoms with Crippen molar-refractivity contribution in [1.29, 1.82) is 0 Å². The topological polar surface area (TPSA) is 76.0 Å². The molecule has 0 saturated heterocycles. The smallest absolute Gasteiger partial charge is 0.334 e. The van der Waals surface area contributed by atoms with Gasteiger partial charge in [0.05, 0.1) is 0 Å². The monoisotopic (exact) mass is 440 g/mol. The average Bonchev–Trinajstić information content (AvgIpc) is 3.05. The molecule has 0 spiro atoms. The van der Waals surface area contributed by atoms with Crippen molar-refractivity contribution in [2.24, 2.45) is 4.40 Å². The Labute approximate surface area is 179 Å². The number of anilines is 1. The molecule has 8 heteroatoms. The summed E-state index contributed by atoms with van der Waals surface area (Å²) >= 11 is 6.19. The van der Waals surface area contributed by atoms with E-state index in [1.807, 2.05) is 6.07 Å². The van der Waals surface area contributed by atoms with Gasteiger partial charge < -0.3 is 9.64 Å². The van der Waals surface area contributed by atoms with Crippen LogP contribution in [0.4, 0.5) is 5.69 Å². The van der Waals surface area contributed by atoms with E-state index in [1.54, 1.807) is 78.7 Å². The Morgan fingerprint density at radius 2 is 1.60 bits per heavy atom. The van der Waals surface area contributed by atoms with Crippen molar-refractivity contribution in [3.63, 3.8) is 0 Å².